The van der Waals surface area contributed by atoms with Gasteiger partial charge in [-0.3, -0.25) is 14.4 Å². The van der Waals surface area contributed by atoms with Crippen molar-refractivity contribution in [2.75, 3.05) is 33.3 Å². The lowest BCUT2D eigenvalue weighted by Crippen LogP contribution is -2.61. The highest BCUT2D eigenvalue weighted by Gasteiger charge is 2.78. The molecule has 3 amide bonds. The number of aliphatic hydroxyl groups is 1. The average molecular weight is 546 g/mol. The van der Waals surface area contributed by atoms with Crippen LogP contribution in [-0.2, 0) is 19.1 Å². The fourth-order valence-electron chi connectivity index (χ4n) is 7.72. The van der Waals surface area contributed by atoms with Crippen LogP contribution in [0.5, 0.6) is 0 Å². The van der Waals surface area contributed by atoms with E-state index < -0.39 is 34.6 Å². The van der Waals surface area contributed by atoms with Crippen molar-refractivity contribution in [3.8, 4) is 0 Å². The summed E-state index contributed by atoms with van der Waals surface area (Å²) in [5.74, 6) is -1.81. The molecule has 0 aromatic rings. The maximum Gasteiger partial charge on any atom is 0.249 e. The van der Waals surface area contributed by atoms with E-state index in [1.807, 2.05) is 11.8 Å². The van der Waals surface area contributed by atoms with Gasteiger partial charge in [0.25, 0.3) is 0 Å². The number of likely N-dealkylation sites (tertiary alicyclic amines) is 1. The normalized spacial score (nSPS) is 29.9. The second-order valence-electron chi connectivity index (χ2n) is 13.8. The Morgan fingerprint density at radius 3 is 2.28 bits per heavy atom. The van der Waals surface area contributed by atoms with E-state index in [1.165, 1.54) is 0 Å². The molecule has 0 aromatic heterocycles. The van der Waals surface area contributed by atoms with Crippen LogP contribution < -0.4 is 0 Å². The maximum absolute atomic E-state index is 14.7. The summed E-state index contributed by atoms with van der Waals surface area (Å²) in [5, 5.41) is 9.28. The first-order valence-electron chi connectivity index (χ1n) is 14.5. The van der Waals surface area contributed by atoms with Gasteiger partial charge in [0.15, 0.2) is 0 Å². The predicted octanol–water partition coefficient (Wildman–Crippen LogP) is 3.79. The molecule has 3 fully saturated rings. The number of carbonyl (C=O) groups excluding carboxylic acids is 3. The molecule has 5 atom stereocenters. The Balaban J connectivity index is 2.08. The Morgan fingerprint density at radius 2 is 1.72 bits per heavy atom. The Morgan fingerprint density at radius 1 is 1.08 bits per heavy atom. The second-order valence-corrected chi connectivity index (χ2v) is 13.8. The Hall–Kier alpha value is -2.19. The zero-order valence-electron chi connectivity index (χ0n) is 25.3. The van der Waals surface area contributed by atoms with Crippen molar-refractivity contribution in [3.63, 3.8) is 0 Å². The molecule has 0 radical (unpaired) electrons. The monoisotopic (exact) mass is 545 g/mol. The maximum atomic E-state index is 14.7. The first-order chi connectivity index (χ1) is 18.1. The predicted molar refractivity (Wildman–Crippen MR) is 153 cm³/mol. The van der Waals surface area contributed by atoms with Crippen molar-refractivity contribution < 1.29 is 24.2 Å². The number of rotatable bonds is 13. The van der Waals surface area contributed by atoms with Gasteiger partial charge in [0.2, 0.25) is 17.7 Å². The number of hydrogen-bond donors (Lipinski definition) is 1. The number of carbonyl (C=O) groups is 3. The summed E-state index contributed by atoms with van der Waals surface area (Å²) >= 11 is 0. The molecule has 0 saturated carbocycles. The molecule has 8 nitrogen and oxygen atoms in total. The molecule has 3 aliphatic heterocycles. The molecule has 3 rings (SSSR count). The van der Waals surface area contributed by atoms with Gasteiger partial charge < -0.3 is 24.5 Å². The molecule has 0 aromatic carbocycles. The molecule has 3 saturated heterocycles. The zero-order valence-corrected chi connectivity index (χ0v) is 25.3. The first-order valence-corrected chi connectivity index (χ1v) is 14.5. The molecular weight excluding hydrogens is 494 g/mol. The van der Waals surface area contributed by atoms with Gasteiger partial charge >= 0.3 is 0 Å². The summed E-state index contributed by atoms with van der Waals surface area (Å²) in [6.07, 6.45) is 7.39. The third-order valence-corrected chi connectivity index (χ3v) is 8.88. The number of hydrogen-bond acceptors (Lipinski definition) is 5. The number of ether oxygens (including phenoxy) is 1. The van der Waals surface area contributed by atoms with Crippen LogP contribution in [0, 0.1) is 17.3 Å². The number of amides is 3. The van der Waals surface area contributed by atoms with Crippen LogP contribution in [0.3, 0.4) is 0 Å². The number of aliphatic hydroxyl groups excluding tert-OH is 1. The molecule has 39 heavy (non-hydrogen) atoms. The van der Waals surface area contributed by atoms with Gasteiger partial charge in [0.1, 0.15) is 11.6 Å². The lowest BCUT2D eigenvalue weighted by atomic mass is 9.66. The minimum absolute atomic E-state index is 0.0253. The molecule has 220 valence electrons. The molecule has 1 spiro atoms. The zero-order chi connectivity index (χ0) is 29.4. The van der Waals surface area contributed by atoms with Crippen molar-refractivity contribution >= 4 is 17.7 Å². The third kappa shape index (κ3) is 5.69. The molecule has 2 bridgehead atoms. The standard InChI is InChI=1S/C31H51N3O5/c1-10-17-32(9)25(36)22-23-26(37)33(19-13-12-14-20-35)24(31(23)16-15-30(22,8)39-31)27(38)34(18-11-2)29(6,7)21-28(3,4)5/h10-11,22-24,35H,1-2,12-21H2,3-9H3/t22-,23-,24?,30+,31?/m0/s1. The van der Waals surface area contributed by atoms with Crippen molar-refractivity contribution in [1.82, 2.24) is 14.7 Å². The lowest BCUT2D eigenvalue weighted by Gasteiger charge is -2.45. The quantitative estimate of drug-likeness (QED) is 0.281. The Labute approximate surface area is 235 Å². The average Bonchev–Trinajstić information content (AvgIpc) is 3.38. The molecular formula is C31H51N3O5. The van der Waals surface area contributed by atoms with E-state index in [0.29, 0.717) is 45.3 Å². The van der Waals surface area contributed by atoms with Crippen molar-refractivity contribution in [1.29, 1.82) is 0 Å². The van der Waals surface area contributed by atoms with Gasteiger partial charge in [0, 0.05) is 38.8 Å². The van der Waals surface area contributed by atoms with E-state index in [4.69, 9.17) is 4.74 Å². The van der Waals surface area contributed by atoms with Gasteiger partial charge in [-0.2, -0.15) is 0 Å². The van der Waals surface area contributed by atoms with Crippen LogP contribution in [0.25, 0.3) is 0 Å². The number of nitrogens with zero attached hydrogens (tertiary/aromatic N) is 3. The smallest absolute Gasteiger partial charge is 0.249 e. The minimum atomic E-state index is -1.05. The molecule has 2 unspecified atom stereocenters. The minimum Gasteiger partial charge on any atom is -0.396 e. The van der Waals surface area contributed by atoms with Gasteiger partial charge in [0.05, 0.1) is 17.4 Å². The summed E-state index contributed by atoms with van der Waals surface area (Å²) in [5.41, 5.74) is -2.38. The van der Waals surface area contributed by atoms with E-state index in [1.54, 1.807) is 29.0 Å². The lowest BCUT2D eigenvalue weighted by molar-refractivity contribution is -0.156. The van der Waals surface area contributed by atoms with Crippen LogP contribution in [0.4, 0.5) is 0 Å². The molecule has 3 aliphatic rings. The van der Waals surface area contributed by atoms with Crippen LogP contribution in [-0.4, -0.2) is 93.6 Å². The number of likely N-dealkylation sites (N-methyl/N-ethyl adjacent to an activating group) is 1. The highest BCUT2D eigenvalue weighted by atomic mass is 16.5. The Bertz CT molecular complexity index is 972. The highest BCUT2D eigenvalue weighted by Crippen LogP contribution is 2.63. The van der Waals surface area contributed by atoms with Crippen LogP contribution >= 0.6 is 0 Å². The molecule has 1 N–H and O–H groups in total. The molecule has 8 heteroatoms. The van der Waals surface area contributed by atoms with E-state index in [-0.39, 0.29) is 29.7 Å². The third-order valence-electron chi connectivity index (χ3n) is 8.88. The largest absolute Gasteiger partial charge is 0.396 e. The summed E-state index contributed by atoms with van der Waals surface area (Å²) in [4.78, 5) is 47.9. The fraction of sp³-hybridized carbons (Fsp3) is 0.774. The van der Waals surface area contributed by atoms with E-state index in [2.05, 4.69) is 47.8 Å². The molecule has 0 aliphatic carbocycles. The van der Waals surface area contributed by atoms with Crippen molar-refractivity contribution in [3.05, 3.63) is 25.3 Å². The van der Waals surface area contributed by atoms with Gasteiger partial charge in [-0.05, 0) is 64.7 Å². The van der Waals surface area contributed by atoms with Gasteiger partial charge in [-0.1, -0.05) is 32.9 Å². The first kappa shape index (κ1) is 31.3. The van der Waals surface area contributed by atoms with Gasteiger partial charge in [-0.25, -0.2) is 0 Å². The summed E-state index contributed by atoms with van der Waals surface area (Å²) < 4.78 is 6.79. The van der Waals surface area contributed by atoms with E-state index >= 15 is 0 Å². The molecule has 3 heterocycles. The summed E-state index contributed by atoms with van der Waals surface area (Å²) in [6.45, 7) is 21.4. The van der Waals surface area contributed by atoms with Gasteiger partial charge in [-0.15, -0.1) is 13.2 Å². The highest BCUT2D eigenvalue weighted by molar-refractivity contribution is 5.99. The summed E-state index contributed by atoms with van der Waals surface area (Å²) in [6, 6.07) is -0.812. The Kier molecular flexibility index (Phi) is 9.13. The van der Waals surface area contributed by atoms with E-state index in [9.17, 15) is 19.5 Å². The van der Waals surface area contributed by atoms with Crippen LogP contribution in [0.1, 0.15) is 80.1 Å². The second kappa shape index (κ2) is 11.4. The SMILES string of the molecule is C=CCN(C)C(=O)[C@@H]1[C@H]2C(=O)N(CCCCCO)C(C(=O)N(CC=C)C(C)(C)CC(C)(C)C)C23CC[C@@]1(C)O3. The summed E-state index contributed by atoms with van der Waals surface area (Å²) in [7, 11) is 1.72. The topological polar surface area (TPSA) is 90.4 Å². The van der Waals surface area contributed by atoms with Crippen LogP contribution in [0.2, 0.25) is 0 Å². The van der Waals surface area contributed by atoms with Crippen molar-refractivity contribution in [2.45, 2.75) is 103 Å². The van der Waals surface area contributed by atoms with Crippen molar-refractivity contribution in [2.24, 2.45) is 17.3 Å². The van der Waals surface area contributed by atoms with Crippen LogP contribution in [0.15, 0.2) is 25.3 Å². The fourth-order valence-corrected chi connectivity index (χ4v) is 7.72. The number of fused-ring (bicyclic) bond motifs is 1. The number of unbranched alkanes of at least 4 members (excludes halogenated alkanes) is 2. The van der Waals surface area contributed by atoms with E-state index in [0.717, 1.165) is 12.8 Å².